The number of rotatable bonds is 7. The molecular formula is C19H20N2O3S2. The summed E-state index contributed by atoms with van der Waals surface area (Å²) < 4.78 is 4.62. The predicted molar refractivity (Wildman–Crippen MR) is 107 cm³/mol. The summed E-state index contributed by atoms with van der Waals surface area (Å²) in [6.45, 7) is 2.12. The van der Waals surface area contributed by atoms with Gasteiger partial charge in [-0.2, -0.15) is 0 Å². The highest BCUT2D eigenvalue weighted by Crippen LogP contribution is 2.31. The third-order valence-corrected chi connectivity index (χ3v) is 5.92. The Morgan fingerprint density at radius 2 is 2.08 bits per heavy atom. The number of nitrogens with zero attached hydrogens (tertiary/aromatic N) is 1. The van der Waals surface area contributed by atoms with Gasteiger partial charge < -0.3 is 9.72 Å². The number of thiophene rings is 1. The second kappa shape index (κ2) is 8.51. The zero-order valence-electron chi connectivity index (χ0n) is 14.7. The Kier molecular flexibility index (Phi) is 6.11. The summed E-state index contributed by atoms with van der Waals surface area (Å²) in [4.78, 5) is 31.9. The van der Waals surface area contributed by atoms with E-state index in [4.69, 9.17) is 0 Å². The molecule has 0 radical (unpaired) electrons. The molecule has 2 aromatic heterocycles. The molecule has 0 aliphatic heterocycles. The van der Waals surface area contributed by atoms with Crippen LogP contribution in [0.15, 0.2) is 39.6 Å². The van der Waals surface area contributed by atoms with Crippen molar-refractivity contribution in [1.82, 2.24) is 9.97 Å². The Bertz CT molecular complexity index is 961. The molecule has 1 N–H and O–H groups in total. The number of methoxy groups -OCH3 is 1. The van der Waals surface area contributed by atoms with Gasteiger partial charge in [-0.05, 0) is 24.0 Å². The van der Waals surface area contributed by atoms with Crippen molar-refractivity contribution < 1.29 is 9.53 Å². The third kappa shape index (κ3) is 4.16. The first-order valence-electron chi connectivity index (χ1n) is 8.42. The molecule has 5 nitrogen and oxygen atoms in total. The van der Waals surface area contributed by atoms with Crippen LogP contribution in [0.1, 0.15) is 25.3 Å². The monoisotopic (exact) mass is 388 g/mol. The highest BCUT2D eigenvalue weighted by atomic mass is 32.2. The minimum Gasteiger partial charge on any atom is -0.469 e. The molecule has 7 heteroatoms. The van der Waals surface area contributed by atoms with Crippen LogP contribution in [-0.2, 0) is 16.0 Å². The number of esters is 1. The molecule has 0 fully saturated rings. The van der Waals surface area contributed by atoms with Crippen molar-refractivity contribution in [1.29, 1.82) is 0 Å². The lowest BCUT2D eigenvalue weighted by atomic mass is 10.0. The number of thioether (sulfide) groups is 1. The van der Waals surface area contributed by atoms with E-state index in [-0.39, 0.29) is 11.5 Å². The lowest BCUT2D eigenvalue weighted by molar-refractivity contribution is -0.140. The Morgan fingerprint density at radius 3 is 2.77 bits per heavy atom. The predicted octanol–water partition coefficient (Wildman–Crippen LogP) is 4.26. The van der Waals surface area contributed by atoms with E-state index >= 15 is 0 Å². The number of fused-ring (bicyclic) bond motifs is 1. The van der Waals surface area contributed by atoms with Crippen LogP contribution in [0.2, 0.25) is 0 Å². The van der Waals surface area contributed by atoms with Gasteiger partial charge in [0.25, 0.3) is 5.56 Å². The molecular weight excluding hydrogens is 368 g/mol. The second-order valence-corrected chi connectivity index (χ2v) is 7.72. The van der Waals surface area contributed by atoms with E-state index in [2.05, 4.69) is 45.9 Å². The van der Waals surface area contributed by atoms with Crippen LogP contribution >= 0.6 is 23.1 Å². The number of aryl methyl sites for hydroxylation is 1. The van der Waals surface area contributed by atoms with Crippen LogP contribution in [0.5, 0.6) is 0 Å². The second-order valence-electron chi connectivity index (χ2n) is 5.78. The molecule has 3 rings (SSSR count). The quantitative estimate of drug-likeness (QED) is 0.283. The minimum absolute atomic E-state index is 0.124. The van der Waals surface area contributed by atoms with Crippen LogP contribution in [0.4, 0.5) is 0 Å². The number of carbonyl (C=O) groups is 1. The van der Waals surface area contributed by atoms with Gasteiger partial charge in [-0.3, -0.25) is 9.59 Å². The normalized spacial score (nSPS) is 11.0. The SMILES string of the molecule is CCc1ccc(-c2csc3nc(SCCCC(=O)OC)[nH]c(=O)c23)cc1. The Labute approximate surface area is 159 Å². The van der Waals surface area contributed by atoms with E-state index in [9.17, 15) is 9.59 Å². The van der Waals surface area contributed by atoms with Gasteiger partial charge in [0.15, 0.2) is 5.16 Å². The third-order valence-electron chi connectivity index (χ3n) is 4.09. The van der Waals surface area contributed by atoms with E-state index in [1.807, 2.05) is 5.38 Å². The zero-order valence-corrected chi connectivity index (χ0v) is 16.3. The fourth-order valence-electron chi connectivity index (χ4n) is 2.62. The largest absolute Gasteiger partial charge is 0.469 e. The summed E-state index contributed by atoms with van der Waals surface area (Å²) in [5.41, 5.74) is 3.09. The first kappa shape index (κ1) is 18.7. The molecule has 2 heterocycles. The summed E-state index contributed by atoms with van der Waals surface area (Å²) in [5, 5.41) is 3.21. The first-order chi connectivity index (χ1) is 12.6. The Balaban J connectivity index is 1.80. The van der Waals surface area contributed by atoms with E-state index in [1.165, 1.54) is 35.8 Å². The molecule has 0 saturated carbocycles. The maximum Gasteiger partial charge on any atom is 0.305 e. The number of benzene rings is 1. The van der Waals surface area contributed by atoms with Gasteiger partial charge >= 0.3 is 5.97 Å². The summed E-state index contributed by atoms with van der Waals surface area (Å²) in [6, 6.07) is 8.28. The molecule has 0 saturated heterocycles. The van der Waals surface area contributed by atoms with E-state index in [1.54, 1.807) is 0 Å². The van der Waals surface area contributed by atoms with Gasteiger partial charge in [-0.1, -0.05) is 43.0 Å². The van der Waals surface area contributed by atoms with E-state index in [0.717, 1.165) is 22.4 Å². The average Bonchev–Trinajstić information content (AvgIpc) is 3.09. The molecule has 1 aromatic carbocycles. The topological polar surface area (TPSA) is 72.0 Å². The van der Waals surface area contributed by atoms with Crippen molar-refractivity contribution in [3.63, 3.8) is 0 Å². The number of nitrogens with one attached hydrogen (secondary N) is 1. The van der Waals surface area contributed by atoms with Gasteiger partial charge in [0.05, 0.1) is 12.5 Å². The maximum atomic E-state index is 12.6. The number of hydrogen-bond acceptors (Lipinski definition) is 6. The van der Waals surface area contributed by atoms with Crippen molar-refractivity contribution >= 4 is 39.3 Å². The van der Waals surface area contributed by atoms with Gasteiger partial charge in [0.1, 0.15) is 4.83 Å². The summed E-state index contributed by atoms with van der Waals surface area (Å²) >= 11 is 2.92. The molecule has 0 aliphatic rings. The van der Waals surface area contributed by atoms with Gasteiger partial charge in [0, 0.05) is 23.1 Å². The number of carbonyl (C=O) groups excluding carboxylic acids is 1. The van der Waals surface area contributed by atoms with Crippen molar-refractivity contribution in [3.05, 3.63) is 45.6 Å². The Morgan fingerprint density at radius 1 is 1.31 bits per heavy atom. The number of hydrogen-bond donors (Lipinski definition) is 1. The number of aromatic amines is 1. The summed E-state index contributed by atoms with van der Waals surface area (Å²) in [5.74, 6) is 0.472. The zero-order chi connectivity index (χ0) is 18.5. The van der Waals surface area contributed by atoms with Crippen molar-refractivity contribution in [3.8, 4) is 11.1 Å². The average molecular weight is 389 g/mol. The lowest BCUT2D eigenvalue weighted by Crippen LogP contribution is -2.09. The summed E-state index contributed by atoms with van der Waals surface area (Å²) in [6.07, 6.45) is 2.04. The van der Waals surface area contributed by atoms with Gasteiger partial charge in [0.2, 0.25) is 0 Å². The maximum absolute atomic E-state index is 12.6. The van der Waals surface area contributed by atoms with E-state index < -0.39 is 0 Å². The van der Waals surface area contributed by atoms with Gasteiger partial charge in [-0.25, -0.2) is 4.98 Å². The molecule has 0 unspecified atom stereocenters. The fourth-order valence-corrected chi connectivity index (χ4v) is 4.43. The lowest BCUT2D eigenvalue weighted by Gasteiger charge is -2.03. The van der Waals surface area contributed by atoms with Crippen LogP contribution < -0.4 is 5.56 Å². The van der Waals surface area contributed by atoms with Crippen molar-refractivity contribution in [2.75, 3.05) is 12.9 Å². The number of aromatic nitrogens is 2. The van der Waals surface area contributed by atoms with Crippen molar-refractivity contribution in [2.24, 2.45) is 0 Å². The van der Waals surface area contributed by atoms with Crippen LogP contribution in [0.3, 0.4) is 0 Å². The Hall–Kier alpha value is -2.12. The highest BCUT2D eigenvalue weighted by molar-refractivity contribution is 7.99. The van der Waals surface area contributed by atoms with Crippen LogP contribution in [-0.4, -0.2) is 28.8 Å². The fraction of sp³-hybridized carbons (Fsp3) is 0.316. The minimum atomic E-state index is -0.223. The first-order valence-corrected chi connectivity index (χ1v) is 10.3. The smallest absolute Gasteiger partial charge is 0.305 e. The summed E-state index contributed by atoms with van der Waals surface area (Å²) in [7, 11) is 1.38. The molecule has 26 heavy (non-hydrogen) atoms. The molecule has 0 bridgehead atoms. The van der Waals surface area contributed by atoms with Crippen LogP contribution in [0.25, 0.3) is 21.3 Å². The molecule has 136 valence electrons. The molecule has 0 atom stereocenters. The van der Waals surface area contributed by atoms with Gasteiger partial charge in [-0.15, -0.1) is 11.3 Å². The highest BCUT2D eigenvalue weighted by Gasteiger charge is 2.13. The standard InChI is InChI=1S/C19H20N2O3S2/c1-3-12-6-8-13(9-7-12)14-11-26-18-16(14)17(23)20-19(21-18)25-10-4-5-15(22)24-2/h6-9,11H,3-5,10H2,1-2H3,(H,20,21,23). The van der Waals surface area contributed by atoms with E-state index in [0.29, 0.717) is 29.1 Å². The number of ether oxygens (including phenoxy) is 1. The van der Waals surface area contributed by atoms with Crippen molar-refractivity contribution in [2.45, 2.75) is 31.3 Å². The molecule has 0 amide bonds. The molecule has 3 aromatic rings. The molecule has 0 spiro atoms. The molecule has 0 aliphatic carbocycles. The van der Waals surface area contributed by atoms with Crippen LogP contribution in [0, 0.1) is 0 Å². The number of H-pyrrole nitrogens is 1.